The van der Waals surface area contributed by atoms with Crippen molar-refractivity contribution in [2.75, 3.05) is 47.5 Å². The van der Waals surface area contributed by atoms with Gasteiger partial charge in [0.05, 0.1) is 21.3 Å². The van der Waals surface area contributed by atoms with Crippen LogP contribution in [0.2, 0.25) is 0 Å². The Morgan fingerprint density at radius 3 is 1.46 bits per heavy atom. The second-order valence-electron chi connectivity index (χ2n) is 12.3. The summed E-state index contributed by atoms with van der Waals surface area (Å²) < 4.78 is 56.6. The van der Waals surface area contributed by atoms with Gasteiger partial charge in [0.25, 0.3) is 0 Å². The molecule has 0 amide bonds. The number of rotatable bonds is 6. The van der Waals surface area contributed by atoms with Crippen molar-refractivity contribution in [1.29, 1.82) is 0 Å². The van der Waals surface area contributed by atoms with Gasteiger partial charge in [0.2, 0.25) is 0 Å². The number of pyridine rings is 1. The molecule has 0 saturated carbocycles. The molecule has 11 heteroatoms. The molecule has 3 heterocycles. The van der Waals surface area contributed by atoms with Gasteiger partial charge < -0.3 is 24.8 Å². The van der Waals surface area contributed by atoms with E-state index in [2.05, 4.69) is 15.6 Å². The van der Waals surface area contributed by atoms with E-state index >= 15 is 0 Å². The Kier molecular flexibility index (Phi) is 17.9. The number of piperidine rings is 2. The van der Waals surface area contributed by atoms with E-state index in [1.807, 2.05) is 12.1 Å². The Morgan fingerprint density at radius 2 is 1.08 bits per heavy atom. The number of hydrogen-bond donors (Lipinski definition) is 2. The Morgan fingerprint density at radius 1 is 0.640 bits per heavy atom. The number of benzene rings is 3. The van der Waals surface area contributed by atoms with E-state index < -0.39 is 0 Å². The SMILES string of the molecule is COc1cc(C)c(F)cc1-c1cccnc1.COc1cc(C)c(F)cc1[C@@H]1CCCNC1.COc1cc(C)c(F)cc1[C@H]1CCCNC1.Cl.Cl. The summed E-state index contributed by atoms with van der Waals surface area (Å²) in [5.41, 5.74) is 5.42. The summed E-state index contributed by atoms with van der Waals surface area (Å²) in [5, 5.41) is 6.68. The zero-order chi connectivity index (χ0) is 34.6. The fourth-order valence-electron chi connectivity index (χ4n) is 6.14. The van der Waals surface area contributed by atoms with Gasteiger partial charge in [-0.05, 0) is 119 Å². The summed E-state index contributed by atoms with van der Waals surface area (Å²) in [5.74, 6) is 2.52. The number of aryl methyl sites for hydroxylation is 3. The van der Waals surface area contributed by atoms with Gasteiger partial charge in [-0.15, -0.1) is 24.8 Å². The quantitative estimate of drug-likeness (QED) is 0.206. The number of nitrogens with one attached hydrogen (secondary N) is 2. The zero-order valence-electron chi connectivity index (χ0n) is 29.7. The Hall–Kier alpha value is -3.50. The van der Waals surface area contributed by atoms with Crippen LogP contribution in [0.3, 0.4) is 0 Å². The van der Waals surface area contributed by atoms with Gasteiger partial charge in [-0.1, -0.05) is 6.07 Å². The van der Waals surface area contributed by atoms with Crippen LogP contribution < -0.4 is 24.8 Å². The van der Waals surface area contributed by atoms with Crippen LogP contribution in [0.4, 0.5) is 13.2 Å². The fourth-order valence-corrected chi connectivity index (χ4v) is 6.14. The second kappa shape index (κ2) is 21.0. The van der Waals surface area contributed by atoms with Crippen molar-refractivity contribution in [3.8, 4) is 28.4 Å². The maximum atomic E-state index is 13.6. The van der Waals surface area contributed by atoms with Crippen molar-refractivity contribution in [3.05, 3.63) is 106 Å². The molecule has 6 nitrogen and oxygen atoms in total. The predicted molar refractivity (Wildman–Crippen MR) is 200 cm³/mol. The molecule has 274 valence electrons. The second-order valence-corrected chi connectivity index (χ2v) is 12.3. The molecule has 3 aromatic carbocycles. The number of aromatic nitrogens is 1. The average molecular weight is 737 g/mol. The van der Waals surface area contributed by atoms with E-state index in [-0.39, 0.29) is 42.3 Å². The molecule has 0 bridgehead atoms. The van der Waals surface area contributed by atoms with Gasteiger partial charge in [0, 0.05) is 59.6 Å². The molecule has 1 aromatic heterocycles. The highest BCUT2D eigenvalue weighted by Crippen LogP contribution is 2.35. The first-order valence-corrected chi connectivity index (χ1v) is 16.5. The summed E-state index contributed by atoms with van der Waals surface area (Å²) in [7, 11) is 4.87. The van der Waals surface area contributed by atoms with E-state index in [1.165, 1.54) is 6.07 Å². The summed E-state index contributed by atoms with van der Waals surface area (Å²) in [4.78, 5) is 4.01. The highest BCUT2D eigenvalue weighted by Gasteiger charge is 2.21. The summed E-state index contributed by atoms with van der Waals surface area (Å²) in [6, 6.07) is 13.7. The summed E-state index contributed by atoms with van der Waals surface area (Å²) in [6.45, 7) is 9.20. The largest absolute Gasteiger partial charge is 0.496 e. The molecule has 2 saturated heterocycles. The van der Waals surface area contributed by atoms with E-state index in [0.717, 1.165) is 85.6 Å². The van der Waals surface area contributed by atoms with Crippen molar-refractivity contribution < 1.29 is 27.4 Å². The molecule has 2 N–H and O–H groups in total. The monoisotopic (exact) mass is 735 g/mol. The topological polar surface area (TPSA) is 64.6 Å². The average Bonchev–Trinajstić information content (AvgIpc) is 3.12. The van der Waals surface area contributed by atoms with Crippen LogP contribution in [0.25, 0.3) is 11.1 Å². The lowest BCUT2D eigenvalue weighted by Gasteiger charge is -2.25. The molecule has 50 heavy (non-hydrogen) atoms. The third kappa shape index (κ3) is 11.3. The number of hydrogen-bond acceptors (Lipinski definition) is 6. The van der Waals surface area contributed by atoms with Crippen LogP contribution in [0.15, 0.2) is 60.9 Å². The first kappa shape index (κ1) is 42.7. The Labute approximate surface area is 307 Å². The summed E-state index contributed by atoms with van der Waals surface area (Å²) in [6.07, 6.45) is 7.86. The van der Waals surface area contributed by atoms with Crippen molar-refractivity contribution >= 4 is 24.8 Å². The van der Waals surface area contributed by atoms with Crippen LogP contribution in [-0.4, -0.2) is 52.5 Å². The lowest BCUT2D eigenvalue weighted by atomic mass is 9.90. The number of ether oxygens (including phenoxy) is 3. The van der Waals surface area contributed by atoms with E-state index in [1.54, 1.807) is 84.8 Å². The maximum Gasteiger partial charge on any atom is 0.127 e. The third-order valence-corrected chi connectivity index (χ3v) is 8.95. The Balaban J connectivity index is 0.000000255. The van der Waals surface area contributed by atoms with Gasteiger partial charge in [0.1, 0.15) is 34.7 Å². The molecule has 0 aliphatic carbocycles. The minimum Gasteiger partial charge on any atom is -0.496 e. The molecule has 2 aliphatic rings. The molecule has 2 fully saturated rings. The smallest absolute Gasteiger partial charge is 0.127 e. The molecule has 4 aromatic rings. The van der Waals surface area contributed by atoms with Gasteiger partial charge >= 0.3 is 0 Å². The first-order chi connectivity index (χ1) is 23.2. The molecule has 0 spiro atoms. The van der Waals surface area contributed by atoms with Crippen LogP contribution in [-0.2, 0) is 0 Å². The van der Waals surface area contributed by atoms with Gasteiger partial charge in [-0.25, -0.2) is 13.2 Å². The van der Waals surface area contributed by atoms with E-state index in [4.69, 9.17) is 14.2 Å². The number of methoxy groups -OCH3 is 3. The fraction of sp³-hybridized carbons (Fsp3) is 0.410. The van der Waals surface area contributed by atoms with Crippen molar-refractivity contribution in [3.63, 3.8) is 0 Å². The zero-order valence-corrected chi connectivity index (χ0v) is 31.3. The number of nitrogens with zero attached hydrogens (tertiary/aromatic N) is 1. The lowest BCUT2D eigenvalue weighted by Crippen LogP contribution is -2.28. The highest BCUT2D eigenvalue weighted by molar-refractivity contribution is 5.85. The van der Waals surface area contributed by atoms with Crippen molar-refractivity contribution in [2.45, 2.75) is 58.3 Å². The normalized spacial score (nSPS) is 16.6. The van der Waals surface area contributed by atoms with E-state index in [0.29, 0.717) is 34.3 Å². The van der Waals surface area contributed by atoms with Gasteiger partial charge in [-0.2, -0.15) is 0 Å². The van der Waals surface area contributed by atoms with E-state index in [9.17, 15) is 13.2 Å². The van der Waals surface area contributed by atoms with Gasteiger partial charge in [0.15, 0.2) is 0 Å². The maximum absolute atomic E-state index is 13.6. The van der Waals surface area contributed by atoms with Crippen LogP contribution in [0, 0.1) is 38.2 Å². The van der Waals surface area contributed by atoms with Crippen LogP contribution >= 0.6 is 24.8 Å². The molecular weight excluding hydrogens is 686 g/mol. The number of halogens is 5. The van der Waals surface area contributed by atoms with Crippen molar-refractivity contribution in [1.82, 2.24) is 15.6 Å². The predicted octanol–water partition coefficient (Wildman–Crippen LogP) is 9.27. The van der Waals surface area contributed by atoms with Crippen LogP contribution in [0.5, 0.6) is 17.2 Å². The van der Waals surface area contributed by atoms with Crippen molar-refractivity contribution in [2.24, 2.45) is 0 Å². The molecule has 0 radical (unpaired) electrons. The van der Waals surface area contributed by atoms with Crippen LogP contribution in [0.1, 0.15) is 65.3 Å². The molecule has 0 unspecified atom stereocenters. The Bertz CT molecular complexity index is 1560. The lowest BCUT2D eigenvalue weighted by molar-refractivity contribution is 0.390. The van der Waals surface area contributed by atoms with Gasteiger partial charge in [-0.3, -0.25) is 4.98 Å². The molecular formula is C39H50Cl2F3N3O3. The third-order valence-electron chi connectivity index (χ3n) is 8.95. The highest BCUT2D eigenvalue weighted by atomic mass is 35.5. The molecule has 2 atom stereocenters. The first-order valence-electron chi connectivity index (χ1n) is 16.5. The summed E-state index contributed by atoms with van der Waals surface area (Å²) >= 11 is 0. The minimum absolute atomic E-state index is 0. The molecule has 6 rings (SSSR count). The standard InChI is InChI=1S/2C13H18FNO.C13H12FNO.2ClH/c3*1-9-6-13(16-2)11(7-12(9)14)10-4-3-5-15-8-10;;/h2*6-7,10,15H,3-5,8H2,1-2H3;3-8H,1-2H3;2*1H/t2*10-;;;/m10.../s1. The molecule has 2 aliphatic heterocycles. The minimum atomic E-state index is -0.236.